The minimum Gasteiger partial charge on any atom is -0.126 e. The van der Waals surface area contributed by atoms with E-state index in [1.165, 1.54) is 78.2 Å². The molecule has 0 aliphatic heterocycles. The van der Waals surface area contributed by atoms with E-state index >= 15 is 0 Å². The molecule has 0 spiro atoms. The van der Waals surface area contributed by atoms with Crippen LogP contribution in [0.15, 0.2) is 28.0 Å². The van der Waals surface area contributed by atoms with Gasteiger partial charge in [0.05, 0.1) is 0 Å². The van der Waals surface area contributed by atoms with Crippen molar-refractivity contribution >= 4 is 29.6 Å². The quantitative estimate of drug-likeness (QED) is 0.139. The molecule has 1 rings (SSSR count). The molecule has 0 N–H and O–H groups in total. The fraction of sp³-hybridized carbons (Fsp3) is 0.805. The van der Waals surface area contributed by atoms with Gasteiger partial charge in [-0.3, -0.25) is 0 Å². The van der Waals surface area contributed by atoms with Crippen LogP contribution in [0, 0.1) is 35.0 Å². The number of allylic oxidation sites excluding steroid dienone is 1. The van der Waals surface area contributed by atoms with Gasteiger partial charge in [-0.25, -0.2) is 0 Å². The van der Waals surface area contributed by atoms with Crippen molar-refractivity contribution in [2.75, 3.05) is 11.5 Å². The Labute approximate surface area is 282 Å². The third-order valence-corrected chi connectivity index (χ3v) is 10.9. The molecule has 0 saturated heterocycles. The van der Waals surface area contributed by atoms with E-state index in [1.807, 2.05) is 13.8 Å². The first-order valence-corrected chi connectivity index (χ1v) is 19.6. The van der Waals surface area contributed by atoms with E-state index in [2.05, 4.69) is 138 Å². The third-order valence-electron chi connectivity index (χ3n) is 8.71. The minimum absolute atomic E-state index is 0. The lowest BCUT2D eigenvalue weighted by Gasteiger charge is -2.33. The van der Waals surface area contributed by atoms with Crippen molar-refractivity contribution in [2.24, 2.45) is 35.0 Å². The van der Waals surface area contributed by atoms with Gasteiger partial charge in [-0.05, 0) is 88.0 Å². The summed E-state index contributed by atoms with van der Waals surface area (Å²) in [6, 6.07) is 5.13. The summed E-state index contributed by atoms with van der Waals surface area (Å²) in [5.74, 6) is 6.29. The fourth-order valence-electron chi connectivity index (χ4n) is 4.88. The first kappa shape index (κ1) is 44.8. The van der Waals surface area contributed by atoms with Gasteiger partial charge in [0.2, 0.25) is 0 Å². The molecule has 0 fully saturated rings. The molecule has 0 nitrogen and oxygen atoms in total. The van der Waals surface area contributed by atoms with E-state index in [0.29, 0.717) is 5.92 Å². The van der Waals surface area contributed by atoms with E-state index in [0.717, 1.165) is 23.7 Å². The lowest BCUT2D eigenvalue weighted by Crippen LogP contribution is -2.25. The molecule has 0 aromatic heterocycles. The predicted octanol–water partition coefficient (Wildman–Crippen LogP) is 15.2. The molecule has 0 aliphatic carbocycles. The minimum atomic E-state index is 0. The summed E-state index contributed by atoms with van der Waals surface area (Å²) >= 11 is 4.21. The van der Waals surface area contributed by atoms with Gasteiger partial charge >= 0.3 is 0 Å². The van der Waals surface area contributed by atoms with E-state index in [4.69, 9.17) is 0 Å². The van der Waals surface area contributed by atoms with Crippen LogP contribution in [-0.4, -0.2) is 11.5 Å². The molecular formula is C41H78S2. The van der Waals surface area contributed by atoms with Crippen molar-refractivity contribution in [1.82, 2.24) is 0 Å². The van der Waals surface area contributed by atoms with Gasteiger partial charge in [0, 0.05) is 9.79 Å². The van der Waals surface area contributed by atoms with Crippen molar-refractivity contribution in [3.63, 3.8) is 0 Å². The van der Waals surface area contributed by atoms with Crippen molar-refractivity contribution in [2.45, 2.75) is 178 Å². The Bertz CT molecular complexity index is 853. The molecule has 1 aromatic carbocycles. The molecule has 2 unspecified atom stereocenters. The van der Waals surface area contributed by atoms with Gasteiger partial charge in [0.25, 0.3) is 0 Å². The molecule has 2 atom stereocenters. The Morgan fingerprint density at radius 1 is 0.628 bits per heavy atom. The Morgan fingerprint density at radius 3 is 1.47 bits per heavy atom. The van der Waals surface area contributed by atoms with Gasteiger partial charge in [-0.1, -0.05) is 162 Å². The number of rotatable bonds is 19. The lowest BCUT2D eigenvalue weighted by molar-refractivity contribution is 0.365. The number of hydrogen-bond acceptors (Lipinski definition) is 2. The second-order valence-corrected chi connectivity index (χ2v) is 17.9. The van der Waals surface area contributed by atoms with Crippen molar-refractivity contribution < 1.29 is 0 Å². The van der Waals surface area contributed by atoms with Gasteiger partial charge in [0.15, 0.2) is 0 Å². The molecular weight excluding hydrogens is 557 g/mol. The number of thioether (sulfide) groups is 2. The van der Waals surface area contributed by atoms with Crippen LogP contribution in [0.5, 0.6) is 0 Å². The maximum atomic E-state index is 2.59. The van der Waals surface area contributed by atoms with E-state index < -0.39 is 0 Å². The molecule has 1 aromatic rings. The van der Waals surface area contributed by atoms with Crippen molar-refractivity contribution in [3.8, 4) is 0 Å². The summed E-state index contributed by atoms with van der Waals surface area (Å²) in [6.07, 6.45) is 15.6. The third kappa shape index (κ3) is 19.7. The van der Waals surface area contributed by atoms with E-state index in [1.54, 1.807) is 5.56 Å². The molecule has 2 heteroatoms. The van der Waals surface area contributed by atoms with Crippen LogP contribution in [0.3, 0.4) is 0 Å². The monoisotopic (exact) mass is 635 g/mol. The predicted molar refractivity (Wildman–Crippen MR) is 207 cm³/mol. The lowest BCUT2D eigenvalue weighted by atomic mass is 9.75. The fourth-order valence-corrected chi connectivity index (χ4v) is 7.55. The second kappa shape index (κ2) is 23.1. The highest BCUT2D eigenvalue weighted by molar-refractivity contribution is 7.99. The summed E-state index contributed by atoms with van der Waals surface area (Å²) in [7, 11) is 0. The summed E-state index contributed by atoms with van der Waals surface area (Å²) in [5, 5.41) is 0. The topological polar surface area (TPSA) is 0 Å². The highest BCUT2D eigenvalue weighted by atomic mass is 32.2. The van der Waals surface area contributed by atoms with Crippen LogP contribution in [-0.2, 0) is 5.41 Å². The molecule has 0 aliphatic rings. The molecule has 254 valence electrons. The maximum Gasteiger partial charge on any atom is 0.0148 e. The summed E-state index contributed by atoms with van der Waals surface area (Å²) in [6.45, 7) is 34.9. The summed E-state index contributed by atoms with van der Waals surface area (Å²) < 4.78 is 0. The maximum absolute atomic E-state index is 2.59. The zero-order valence-electron chi connectivity index (χ0n) is 31.1. The SMILES string of the molecule is C.CC.CC(C)CCCC(C)CCSc1cc(C(C)(C)C(C)C)c(SCCC(C)CCCC(C)C)cc1/C=C/C(C)(C)C. The molecule has 0 heterocycles. The molecule has 0 saturated carbocycles. The zero-order chi connectivity index (χ0) is 32.5. The van der Waals surface area contributed by atoms with Crippen LogP contribution < -0.4 is 0 Å². The van der Waals surface area contributed by atoms with E-state index in [-0.39, 0.29) is 18.3 Å². The molecule has 0 bridgehead atoms. The van der Waals surface area contributed by atoms with Crippen LogP contribution in [0.2, 0.25) is 0 Å². The summed E-state index contributed by atoms with van der Waals surface area (Å²) in [5.41, 5.74) is 3.31. The van der Waals surface area contributed by atoms with Gasteiger partial charge in [0.1, 0.15) is 0 Å². The summed E-state index contributed by atoms with van der Waals surface area (Å²) in [4.78, 5) is 2.98. The van der Waals surface area contributed by atoms with Crippen molar-refractivity contribution in [1.29, 1.82) is 0 Å². The highest BCUT2D eigenvalue weighted by Crippen LogP contribution is 2.42. The number of hydrogen-bond donors (Lipinski definition) is 0. The Kier molecular flexibility index (Phi) is 24.0. The second-order valence-electron chi connectivity index (χ2n) is 15.6. The zero-order valence-corrected chi connectivity index (χ0v) is 32.7. The van der Waals surface area contributed by atoms with E-state index in [9.17, 15) is 0 Å². The van der Waals surface area contributed by atoms with Crippen LogP contribution in [0.25, 0.3) is 6.08 Å². The van der Waals surface area contributed by atoms with Crippen LogP contribution >= 0.6 is 23.5 Å². The molecule has 43 heavy (non-hydrogen) atoms. The van der Waals surface area contributed by atoms with Crippen molar-refractivity contribution in [3.05, 3.63) is 29.3 Å². The van der Waals surface area contributed by atoms with Crippen LogP contribution in [0.4, 0.5) is 0 Å². The Balaban J connectivity index is 0. The van der Waals surface area contributed by atoms with Crippen LogP contribution in [0.1, 0.15) is 174 Å². The first-order chi connectivity index (χ1) is 19.5. The largest absolute Gasteiger partial charge is 0.126 e. The van der Waals surface area contributed by atoms with Gasteiger partial charge < -0.3 is 0 Å². The Morgan fingerprint density at radius 2 is 1.07 bits per heavy atom. The first-order valence-electron chi connectivity index (χ1n) is 17.7. The van der Waals surface area contributed by atoms with Gasteiger partial charge in [-0.2, -0.15) is 0 Å². The smallest absolute Gasteiger partial charge is 0.0148 e. The standard InChI is InChI=1S/C38H68S2.C2H6.CH4/c1-28(2)16-14-18-31(7)21-24-39-35-27-34(38(12,13)30(5)6)36(26-33(35)20-23-37(9,10)11)40-25-22-32(8)19-15-17-29(3)4;1-2;/h20,23,26-32H,14-19,21-22,24-25H2,1-13H3;1-2H3;1H4/b23-20+;;. The average Bonchev–Trinajstić information content (AvgIpc) is 2.88. The average molecular weight is 635 g/mol. The highest BCUT2D eigenvalue weighted by Gasteiger charge is 2.29. The normalized spacial score (nSPS) is 13.8. The molecule has 0 amide bonds. The van der Waals surface area contributed by atoms with Gasteiger partial charge in [-0.15, -0.1) is 23.5 Å². The Hall–Kier alpha value is -0.340. The number of benzene rings is 1. The molecule has 0 radical (unpaired) electrons.